The molecule has 0 heterocycles. The number of benzene rings is 2. The normalized spacial score (nSPS) is 10.4. The minimum Gasteiger partial charge on any atom is -0.322 e. The van der Waals surface area contributed by atoms with E-state index in [1.807, 2.05) is 18.2 Å². The molecule has 0 fully saturated rings. The standard InChI is InChI=1S/C16H14Cl2FNO/c17-9-3-5-11-4-1-6-12(10-11)20-16(21)13-7-2-8-14(19)15(13)18/h1-2,4,6-8,10H,3,5,9H2,(H,20,21). The first-order valence-corrected chi connectivity index (χ1v) is 7.43. The quantitative estimate of drug-likeness (QED) is 0.778. The van der Waals surface area contributed by atoms with Crippen molar-refractivity contribution in [2.24, 2.45) is 0 Å². The fourth-order valence-electron chi connectivity index (χ4n) is 1.95. The van der Waals surface area contributed by atoms with Crippen molar-refractivity contribution in [1.29, 1.82) is 0 Å². The van der Waals surface area contributed by atoms with Gasteiger partial charge in [0.2, 0.25) is 0 Å². The number of hydrogen-bond acceptors (Lipinski definition) is 1. The molecule has 2 aromatic carbocycles. The Balaban J connectivity index is 2.14. The first-order chi connectivity index (χ1) is 10.1. The average Bonchev–Trinajstić information content (AvgIpc) is 2.48. The highest BCUT2D eigenvalue weighted by Crippen LogP contribution is 2.21. The van der Waals surface area contributed by atoms with Crippen LogP contribution in [0.2, 0.25) is 5.02 Å². The Labute approximate surface area is 132 Å². The maximum Gasteiger partial charge on any atom is 0.257 e. The van der Waals surface area contributed by atoms with Gasteiger partial charge in [-0.1, -0.05) is 29.8 Å². The topological polar surface area (TPSA) is 29.1 Å². The Morgan fingerprint density at radius 1 is 1.19 bits per heavy atom. The van der Waals surface area contributed by atoms with E-state index in [0.29, 0.717) is 11.6 Å². The van der Waals surface area contributed by atoms with Crippen LogP contribution in [0.3, 0.4) is 0 Å². The molecular weight excluding hydrogens is 312 g/mol. The molecule has 2 rings (SSSR count). The van der Waals surface area contributed by atoms with E-state index in [0.717, 1.165) is 18.4 Å². The Morgan fingerprint density at radius 3 is 2.71 bits per heavy atom. The van der Waals surface area contributed by atoms with Gasteiger partial charge >= 0.3 is 0 Å². The zero-order valence-electron chi connectivity index (χ0n) is 11.2. The minimum atomic E-state index is -0.611. The third-order valence-electron chi connectivity index (χ3n) is 2.98. The maximum absolute atomic E-state index is 13.4. The summed E-state index contributed by atoms with van der Waals surface area (Å²) in [5, 5.41) is 2.55. The van der Waals surface area contributed by atoms with E-state index in [2.05, 4.69) is 5.32 Å². The summed E-state index contributed by atoms with van der Waals surface area (Å²) in [6.45, 7) is 0. The van der Waals surface area contributed by atoms with E-state index in [1.165, 1.54) is 18.2 Å². The van der Waals surface area contributed by atoms with Gasteiger partial charge in [0.15, 0.2) is 0 Å². The number of nitrogens with one attached hydrogen (secondary N) is 1. The minimum absolute atomic E-state index is 0.114. The van der Waals surface area contributed by atoms with E-state index in [1.54, 1.807) is 6.07 Å². The van der Waals surface area contributed by atoms with Crippen LogP contribution in [0.15, 0.2) is 42.5 Å². The van der Waals surface area contributed by atoms with Crippen LogP contribution in [-0.2, 0) is 6.42 Å². The van der Waals surface area contributed by atoms with Crippen molar-refractivity contribution in [3.8, 4) is 0 Å². The lowest BCUT2D eigenvalue weighted by molar-refractivity contribution is 0.102. The van der Waals surface area contributed by atoms with Crippen LogP contribution < -0.4 is 5.32 Å². The number of carbonyl (C=O) groups is 1. The number of carbonyl (C=O) groups excluding carboxylic acids is 1. The number of rotatable bonds is 5. The molecule has 0 saturated heterocycles. The highest BCUT2D eigenvalue weighted by atomic mass is 35.5. The van der Waals surface area contributed by atoms with E-state index >= 15 is 0 Å². The molecule has 1 amide bonds. The lowest BCUT2D eigenvalue weighted by Crippen LogP contribution is -2.13. The summed E-state index contributed by atoms with van der Waals surface area (Å²) in [5.74, 6) is -0.454. The molecule has 0 aliphatic heterocycles. The van der Waals surface area contributed by atoms with Crippen LogP contribution >= 0.6 is 23.2 Å². The van der Waals surface area contributed by atoms with E-state index < -0.39 is 11.7 Å². The second-order valence-corrected chi connectivity index (χ2v) is 5.30. The molecule has 0 radical (unpaired) electrons. The number of anilines is 1. The first-order valence-electron chi connectivity index (χ1n) is 6.52. The van der Waals surface area contributed by atoms with Crippen molar-refractivity contribution < 1.29 is 9.18 Å². The highest BCUT2D eigenvalue weighted by Gasteiger charge is 2.13. The van der Waals surface area contributed by atoms with Crippen molar-refractivity contribution in [2.75, 3.05) is 11.2 Å². The molecule has 1 N–H and O–H groups in total. The van der Waals surface area contributed by atoms with Gasteiger partial charge in [-0.05, 0) is 42.7 Å². The third kappa shape index (κ3) is 4.19. The van der Waals surface area contributed by atoms with E-state index in [4.69, 9.17) is 23.2 Å². The van der Waals surface area contributed by atoms with Crippen LogP contribution in [0, 0.1) is 5.82 Å². The summed E-state index contributed by atoms with van der Waals surface area (Å²) >= 11 is 11.5. The maximum atomic E-state index is 13.4. The van der Waals surface area contributed by atoms with Crippen LogP contribution in [0.5, 0.6) is 0 Å². The molecule has 21 heavy (non-hydrogen) atoms. The van der Waals surface area contributed by atoms with Gasteiger partial charge in [0.05, 0.1) is 10.6 Å². The van der Waals surface area contributed by atoms with E-state index in [9.17, 15) is 9.18 Å². The van der Waals surface area contributed by atoms with Crippen molar-refractivity contribution in [3.63, 3.8) is 0 Å². The SMILES string of the molecule is O=C(Nc1cccc(CCCCl)c1)c1cccc(F)c1Cl. The second kappa shape index (κ2) is 7.43. The van der Waals surface area contributed by atoms with Gasteiger partial charge in [-0.25, -0.2) is 4.39 Å². The van der Waals surface area contributed by atoms with Gasteiger partial charge in [0.1, 0.15) is 5.82 Å². The Morgan fingerprint density at radius 2 is 1.95 bits per heavy atom. The Bertz CT molecular complexity index is 646. The summed E-state index contributed by atoms with van der Waals surface area (Å²) < 4.78 is 13.4. The van der Waals surface area contributed by atoms with Gasteiger partial charge in [-0.2, -0.15) is 0 Å². The molecule has 0 unspecified atom stereocenters. The van der Waals surface area contributed by atoms with Crippen molar-refractivity contribution in [3.05, 3.63) is 64.4 Å². The zero-order chi connectivity index (χ0) is 15.2. The fourth-order valence-corrected chi connectivity index (χ4v) is 2.30. The Kier molecular flexibility index (Phi) is 5.59. The molecule has 0 aliphatic carbocycles. The second-order valence-electron chi connectivity index (χ2n) is 4.55. The smallest absolute Gasteiger partial charge is 0.257 e. The molecule has 0 aromatic heterocycles. The molecule has 0 aliphatic rings. The molecular formula is C16H14Cl2FNO. The Hall–Kier alpha value is -1.58. The molecule has 0 spiro atoms. The molecule has 0 saturated carbocycles. The monoisotopic (exact) mass is 325 g/mol. The van der Waals surface area contributed by atoms with Gasteiger partial charge in [-0.3, -0.25) is 4.79 Å². The lowest BCUT2D eigenvalue weighted by Gasteiger charge is -2.08. The molecule has 110 valence electrons. The molecule has 2 nitrogen and oxygen atoms in total. The predicted molar refractivity (Wildman–Crippen MR) is 84.8 cm³/mol. The highest BCUT2D eigenvalue weighted by molar-refractivity contribution is 6.34. The van der Waals surface area contributed by atoms with Crippen molar-refractivity contribution in [1.82, 2.24) is 0 Å². The number of aryl methyl sites for hydroxylation is 1. The van der Waals surface area contributed by atoms with Crippen LogP contribution in [0.1, 0.15) is 22.3 Å². The summed E-state index contributed by atoms with van der Waals surface area (Å²) in [7, 11) is 0. The van der Waals surface area contributed by atoms with Crippen LogP contribution in [0.4, 0.5) is 10.1 Å². The molecule has 2 aromatic rings. The largest absolute Gasteiger partial charge is 0.322 e. The van der Waals surface area contributed by atoms with Crippen molar-refractivity contribution >= 4 is 34.8 Å². The number of hydrogen-bond donors (Lipinski definition) is 1. The molecule has 0 atom stereocenters. The zero-order valence-corrected chi connectivity index (χ0v) is 12.7. The number of halogens is 3. The van der Waals surface area contributed by atoms with Crippen LogP contribution in [-0.4, -0.2) is 11.8 Å². The number of amides is 1. The van der Waals surface area contributed by atoms with Crippen LogP contribution in [0.25, 0.3) is 0 Å². The van der Waals surface area contributed by atoms with E-state index in [-0.39, 0.29) is 10.6 Å². The summed E-state index contributed by atoms with van der Waals surface area (Å²) in [4.78, 5) is 12.1. The number of alkyl halides is 1. The summed E-state index contributed by atoms with van der Waals surface area (Å²) in [6, 6.07) is 11.6. The first kappa shape index (κ1) is 15.8. The average molecular weight is 326 g/mol. The molecule has 5 heteroatoms. The summed E-state index contributed by atoms with van der Waals surface area (Å²) in [6.07, 6.45) is 1.71. The lowest BCUT2D eigenvalue weighted by atomic mass is 10.1. The van der Waals surface area contributed by atoms with Gasteiger partial charge in [-0.15, -0.1) is 11.6 Å². The molecule has 0 bridgehead atoms. The predicted octanol–water partition coefficient (Wildman–Crippen LogP) is 4.90. The van der Waals surface area contributed by atoms with Gasteiger partial charge < -0.3 is 5.32 Å². The van der Waals surface area contributed by atoms with Crippen molar-refractivity contribution in [2.45, 2.75) is 12.8 Å². The fraction of sp³-hybridized carbons (Fsp3) is 0.188. The third-order valence-corrected chi connectivity index (χ3v) is 3.63. The van der Waals surface area contributed by atoms with Gasteiger partial charge in [0, 0.05) is 11.6 Å². The summed E-state index contributed by atoms with van der Waals surface area (Å²) in [5.41, 5.74) is 1.84. The van der Waals surface area contributed by atoms with Gasteiger partial charge in [0.25, 0.3) is 5.91 Å².